The van der Waals surface area contributed by atoms with E-state index in [2.05, 4.69) is 36.2 Å². The molecule has 0 amide bonds. The summed E-state index contributed by atoms with van der Waals surface area (Å²) in [6.07, 6.45) is 0.917. The molecule has 0 atom stereocenters. The van der Waals surface area contributed by atoms with Crippen LogP contribution in [0.1, 0.15) is 32.5 Å². The van der Waals surface area contributed by atoms with Gasteiger partial charge in [-0.25, -0.2) is 0 Å². The van der Waals surface area contributed by atoms with Gasteiger partial charge in [0.05, 0.1) is 5.75 Å². The van der Waals surface area contributed by atoms with Crippen molar-refractivity contribution < 1.29 is 4.52 Å². The van der Waals surface area contributed by atoms with Crippen LogP contribution < -0.4 is 5.32 Å². The lowest BCUT2D eigenvalue weighted by molar-refractivity contribution is 0.295. The molecule has 1 saturated heterocycles. The number of nitrogens with one attached hydrogen (secondary N) is 1. The van der Waals surface area contributed by atoms with Crippen molar-refractivity contribution in [2.45, 2.75) is 37.7 Å². The Balaban J connectivity index is 1.82. The fraction of sp³-hybridized carbons (Fsp3) is 0.818. The van der Waals surface area contributed by atoms with E-state index in [4.69, 9.17) is 4.52 Å². The quantitative estimate of drug-likeness (QED) is 0.872. The highest BCUT2D eigenvalue weighted by Crippen LogP contribution is 2.26. The lowest BCUT2D eigenvalue weighted by Gasteiger charge is -2.25. The van der Waals surface area contributed by atoms with Gasteiger partial charge in [-0.15, -0.1) is 11.8 Å². The molecule has 0 spiro atoms. The van der Waals surface area contributed by atoms with Crippen LogP contribution in [0.5, 0.6) is 0 Å². The van der Waals surface area contributed by atoms with Gasteiger partial charge in [-0.2, -0.15) is 4.98 Å². The Bertz CT molecular complexity index is 341. The first kappa shape index (κ1) is 11.9. The monoisotopic (exact) mass is 241 g/mol. The summed E-state index contributed by atoms with van der Waals surface area (Å²) in [7, 11) is 0. The van der Waals surface area contributed by atoms with Crippen LogP contribution in [0.4, 0.5) is 0 Å². The highest BCUT2D eigenvalue weighted by molar-refractivity contribution is 7.99. The zero-order valence-electron chi connectivity index (χ0n) is 10.1. The molecule has 0 unspecified atom stereocenters. The molecule has 16 heavy (non-hydrogen) atoms. The minimum absolute atomic E-state index is 0.249. The van der Waals surface area contributed by atoms with Gasteiger partial charge in [0.2, 0.25) is 5.89 Å². The predicted octanol–water partition coefficient (Wildman–Crippen LogP) is 1.86. The van der Waals surface area contributed by atoms with Crippen molar-refractivity contribution in [1.29, 1.82) is 0 Å². The molecule has 1 N–H and O–H groups in total. The van der Waals surface area contributed by atoms with Crippen LogP contribution in [0.25, 0.3) is 0 Å². The van der Waals surface area contributed by atoms with Crippen molar-refractivity contribution in [3.63, 3.8) is 0 Å². The number of hydrogen-bond acceptors (Lipinski definition) is 5. The Labute approximate surface area is 101 Å². The van der Waals surface area contributed by atoms with E-state index in [0.717, 1.165) is 37.0 Å². The number of rotatable bonds is 4. The maximum absolute atomic E-state index is 5.23. The molecule has 1 aliphatic heterocycles. The summed E-state index contributed by atoms with van der Waals surface area (Å²) in [6.45, 7) is 8.74. The minimum Gasteiger partial charge on any atom is -0.339 e. The van der Waals surface area contributed by atoms with E-state index in [1.807, 2.05) is 11.8 Å². The number of hydrogen-bond donors (Lipinski definition) is 1. The smallest absolute Gasteiger partial charge is 0.227 e. The van der Waals surface area contributed by atoms with E-state index < -0.39 is 0 Å². The van der Waals surface area contributed by atoms with Crippen molar-refractivity contribution in [3.05, 3.63) is 11.7 Å². The molecule has 90 valence electrons. The zero-order chi connectivity index (χ0) is 11.6. The van der Waals surface area contributed by atoms with Gasteiger partial charge >= 0.3 is 0 Å². The first-order valence-electron chi connectivity index (χ1n) is 5.69. The Morgan fingerprint density at radius 2 is 2.19 bits per heavy atom. The first-order valence-corrected chi connectivity index (χ1v) is 6.67. The largest absolute Gasteiger partial charge is 0.339 e. The normalized spacial score (nSPS) is 17.4. The lowest BCUT2D eigenvalue weighted by Crippen LogP contribution is -2.43. The van der Waals surface area contributed by atoms with Crippen LogP contribution >= 0.6 is 11.8 Å². The summed E-state index contributed by atoms with van der Waals surface area (Å²) in [5.74, 6) is 3.12. The SMILES string of the molecule is CC(C)(C)SCc1noc(CC2CNC2)n1. The molecular weight excluding hydrogens is 222 g/mol. The summed E-state index contributed by atoms with van der Waals surface area (Å²) in [5.41, 5.74) is 0. The highest BCUT2D eigenvalue weighted by Gasteiger charge is 2.20. The molecule has 0 saturated carbocycles. The van der Waals surface area contributed by atoms with E-state index in [1.165, 1.54) is 0 Å². The Morgan fingerprint density at radius 3 is 2.75 bits per heavy atom. The van der Waals surface area contributed by atoms with Gasteiger partial charge in [-0.1, -0.05) is 25.9 Å². The van der Waals surface area contributed by atoms with Gasteiger partial charge in [-0.3, -0.25) is 0 Å². The molecule has 2 rings (SSSR count). The second-order valence-electron chi connectivity index (χ2n) is 5.23. The topological polar surface area (TPSA) is 51.0 Å². The third-order valence-corrected chi connectivity index (χ3v) is 3.74. The maximum atomic E-state index is 5.23. The molecular formula is C11H19N3OS. The molecule has 0 bridgehead atoms. The van der Waals surface area contributed by atoms with E-state index >= 15 is 0 Å². The third-order valence-electron chi connectivity index (χ3n) is 2.47. The van der Waals surface area contributed by atoms with Gasteiger partial charge in [0, 0.05) is 11.2 Å². The third kappa shape index (κ3) is 3.49. The number of aromatic nitrogens is 2. The van der Waals surface area contributed by atoms with Gasteiger partial charge < -0.3 is 9.84 Å². The number of thioether (sulfide) groups is 1. The molecule has 2 heterocycles. The van der Waals surface area contributed by atoms with Gasteiger partial charge in [0.15, 0.2) is 5.82 Å². The molecule has 1 aliphatic rings. The average molecular weight is 241 g/mol. The Morgan fingerprint density at radius 1 is 1.44 bits per heavy atom. The highest BCUT2D eigenvalue weighted by atomic mass is 32.2. The molecule has 1 fully saturated rings. The molecule has 0 aliphatic carbocycles. The van der Waals surface area contributed by atoms with Crippen molar-refractivity contribution in [2.75, 3.05) is 13.1 Å². The summed E-state index contributed by atoms with van der Waals surface area (Å²) in [5, 5.41) is 7.24. The Kier molecular flexibility index (Phi) is 3.54. The van der Waals surface area contributed by atoms with E-state index in [0.29, 0.717) is 5.92 Å². The molecule has 5 heteroatoms. The lowest BCUT2D eigenvalue weighted by atomic mass is 10.00. The zero-order valence-corrected chi connectivity index (χ0v) is 10.9. The summed E-state index contributed by atoms with van der Waals surface area (Å²) >= 11 is 1.84. The fourth-order valence-corrected chi connectivity index (χ4v) is 2.13. The standard InChI is InChI=1S/C11H19N3OS/c1-11(2,3)16-7-9-13-10(15-14-9)4-8-5-12-6-8/h8,12H,4-7H2,1-3H3. The van der Waals surface area contributed by atoms with Crippen molar-refractivity contribution in [1.82, 2.24) is 15.5 Å². The van der Waals surface area contributed by atoms with Crippen molar-refractivity contribution >= 4 is 11.8 Å². The molecule has 1 aromatic rings. The van der Waals surface area contributed by atoms with Gasteiger partial charge in [0.25, 0.3) is 0 Å². The van der Waals surface area contributed by atoms with Crippen molar-refractivity contribution in [3.8, 4) is 0 Å². The minimum atomic E-state index is 0.249. The van der Waals surface area contributed by atoms with E-state index in [1.54, 1.807) is 0 Å². The van der Waals surface area contributed by atoms with Gasteiger partial charge in [-0.05, 0) is 19.0 Å². The summed E-state index contributed by atoms with van der Waals surface area (Å²) < 4.78 is 5.48. The molecule has 0 radical (unpaired) electrons. The fourth-order valence-electron chi connectivity index (χ4n) is 1.45. The van der Waals surface area contributed by atoms with E-state index in [-0.39, 0.29) is 4.75 Å². The summed E-state index contributed by atoms with van der Waals surface area (Å²) in [4.78, 5) is 4.41. The molecule has 1 aromatic heterocycles. The van der Waals surface area contributed by atoms with E-state index in [9.17, 15) is 0 Å². The molecule has 0 aromatic carbocycles. The predicted molar refractivity (Wildman–Crippen MR) is 65.4 cm³/mol. The second kappa shape index (κ2) is 4.75. The van der Waals surface area contributed by atoms with Crippen LogP contribution in [0, 0.1) is 5.92 Å². The van der Waals surface area contributed by atoms with Crippen LogP contribution in [0.2, 0.25) is 0 Å². The summed E-state index contributed by atoms with van der Waals surface area (Å²) in [6, 6.07) is 0. The van der Waals surface area contributed by atoms with Crippen LogP contribution in [-0.4, -0.2) is 28.0 Å². The maximum Gasteiger partial charge on any atom is 0.227 e. The van der Waals surface area contributed by atoms with Gasteiger partial charge in [0.1, 0.15) is 0 Å². The van der Waals surface area contributed by atoms with Crippen LogP contribution in [0.15, 0.2) is 4.52 Å². The molecule has 4 nitrogen and oxygen atoms in total. The number of nitrogens with zero attached hydrogens (tertiary/aromatic N) is 2. The first-order chi connectivity index (χ1) is 7.53. The Hall–Kier alpha value is -0.550. The second-order valence-corrected chi connectivity index (χ2v) is 7.04. The van der Waals surface area contributed by atoms with Crippen LogP contribution in [-0.2, 0) is 12.2 Å². The van der Waals surface area contributed by atoms with Crippen LogP contribution in [0.3, 0.4) is 0 Å². The average Bonchev–Trinajstić information content (AvgIpc) is 2.55. The van der Waals surface area contributed by atoms with Crippen molar-refractivity contribution in [2.24, 2.45) is 5.92 Å².